The molecule has 21 heavy (non-hydrogen) atoms. The van der Waals surface area contributed by atoms with Crippen LogP contribution >= 0.6 is 0 Å². The Morgan fingerprint density at radius 3 is 2.71 bits per heavy atom. The van der Waals surface area contributed by atoms with Crippen molar-refractivity contribution in [2.24, 2.45) is 16.6 Å². The number of benzene rings is 1. The molecule has 0 aromatic heterocycles. The molecule has 116 valence electrons. The smallest absolute Gasteiger partial charge is 0.414 e. The van der Waals surface area contributed by atoms with Crippen molar-refractivity contribution in [3.05, 3.63) is 29.6 Å². The van der Waals surface area contributed by atoms with Crippen molar-refractivity contribution in [2.75, 3.05) is 18.0 Å². The molecular formula is C13H19FN4O3. The van der Waals surface area contributed by atoms with Gasteiger partial charge in [0.15, 0.2) is 5.84 Å². The summed E-state index contributed by atoms with van der Waals surface area (Å²) in [7, 11) is 0. The van der Waals surface area contributed by atoms with Crippen LogP contribution in [-0.2, 0) is 4.74 Å². The maximum absolute atomic E-state index is 13.8. The van der Waals surface area contributed by atoms with Crippen LogP contribution < -0.4 is 16.4 Å². The van der Waals surface area contributed by atoms with E-state index in [0.717, 1.165) is 6.07 Å². The summed E-state index contributed by atoms with van der Waals surface area (Å²) >= 11 is 0. The van der Waals surface area contributed by atoms with E-state index in [1.54, 1.807) is 0 Å². The lowest BCUT2D eigenvalue weighted by atomic mass is 10.1. The third-order valence-electron chi connectivity index (χ3n) is 2.79. The van der Waals surface area contributed by atoms with Gasteiger partial charge in [0.1, 0.15) is 11.9 Å². The molecule has 1 amide bonds. The predicted octanol–water partition coefficient (Wildman–Crippen LogP) is 1.23. The lowest BCUT2D eigenvalue weighted by Crippen LogP contribution is -2.27. The van der Waals surface area contributed by atoms with Gasteiger partial charge in [0.2, 0.25) is 0 Å². The van der Waals surface area contributed by atoms with Crippen LogP contribution in [0.3, 0.4) is 0 Å². The summed E-state index contributed by atoms with van der Waals surface area (Å²) in [4.78, 5) is 12.8. The second-order valence-electron chi connectivity index (χ2n) is 4.00. The predicted molar refractivity (Wildman–Crippen MR) is 76.9 cm³/mol. The van der Waals surface area contributed by atoms with E-state index in [1.807, 2.05) is 13.8 Å². The van der Waals surface area contributed by atoms with Crippen molar-refractivity contribution >= 4 is 17.6 Å². The topological polar surface area (TPSA) is 114 Å². The number of ether oxygens (including phenoxy) is 1. The second-order valence-corrected chi connectivity index (χ2v) is 4.00. The molecule has 0 aliphatic carbocycles. The highest BCUT2D eigenvalue weighted by molar-refractivity contribution is 5.98. The number of amides is 1. The summed E-state index contributed by atoms with van der Waals surface area (Å²) in [5.41, 5.74) is 11.0. The van der Waals surface area contributed by atoms with Crippen molar-refractivity contribution in [1.82, 2.24) is 0 Å². The number of nitrogens with zero attached hydrogens (tertiary/aromatic N) is 2. The maximum Gasteiger partial charge on any atom is 0.414 e. The summed E-state index contributed by atoms with van der Waals surface area (Å²) in [6.07, 6.45) is -0.981. The van der Waals surface area contributed by atoms with Crippen molar-refractivity contribution in [2.45, 2.75) is 20.0 Å². The Kier molecular flexibility index (Phi) is 5.92. The molecule has 1 fully saturated rings. The average Bonchev–Trinajstić information content (AvgIpc) is 2.89. The minimum Gasteiger partial charge on any atom is -0.443 e. The quantitative estimate of drug-likeness (QED) is 0.336. The van der Waals surface area contributed by atoms with Gasteiger partial charge in [-0.15, -0.1) is 0 Å². The van der Waals surface area contributed by atoms with Crippen LogP contribution in [0.15, 0.2) is 23.4 Å². The monoisotopic (exact) mass is 298 g/mol. The Morgan fingerprint density at radius 1 is 1.57 bits per heavy atom. The first-order valence-corrected chi connectivity index (χ1v) is 6.52. The summed E-state index contributed by atoms with van der Waals surface area (Å²) < 4.78 is 18.7. The molecule has 1 atom stereocenters. The normalized spacial score (nSPS) is 18.1. The highest BCUT2D eigenvalue weighted by Crippen LogP contribution is 2.23. The number of hydrogen-bond acceptors (Lipinski definition) is 5. The Labute approximate surface area is 122 Å². The van der Waals surface area contributed by atoms with Gasteiger partial charge in [-0.05, 0) is 18.2 Å². The van der Waals surface area contributed by atoms with E-state index in [-0.39, 0.29) is 24.5 Å². The van der Waals surface area contributed by atoms with E-state index in [9.17, 15) is 9.18 Å². The molecule has 1 aromatic rings. The molecule has 1 aliphatic heterocycles. The van der Waals surface area contributed by atoms with Crippen molar-refractivity contribution < 1.29 is 19.1 Å². The molecule has 1 aliphatic rings. The summed E-state index contributed by atoms with van der Waals surface area (Å²) in [6, 6.07) is 3.92. The number of hydrogen-bond donors (Lipinski definition) is 3. The summed E-state index contributed by atoms with van der Waals surface area (Å²) in [6.45, 7) is 4.46. The third kappa shape index (κ3) is 3.60. The zero-order valence-corrected chi connectivity index (χ0v) is 11.9. The fraction of sp³-hybridized carbons (Fsp3) is 0.385. The Morgan fingerprint density at radius 2 is 2.24 bits per heavy atom. The number of cyclic esters (lactones) is 1. The molecule has 7 nitrogen and oxygen atoms in total. The largest absolute Gasteiger partial charge is 0.443 e. The number of rotatable bonds is 3. The van der Waals surface area contributed by atoms with Crippen molar-refractivity contribution in [3.8, 4) is 0 Å². The molecular weight excluding hydrogens is 279 g/mol. The molecule has 1 unspecified atom stereocenters. The number of oxime groups is 1. The van der Waals surface area contributed by atoms with Crippen molar-refractivity contribution in [1.29, 1.82) is 0 Å². The summed E-state index contributed by atoms with van der Waals surface area (Å²) in [5.74, 6) is -1.04. The zero-order chi connectivity index (χ0) is 16.0. The minimum absolute atomic E-state index is 0.0470. The molecule has 0 spiro atoms. The fourth-order valence-electron chi connectivity index (χ4n) is 1.79. The fourth-order valence-corrected chi connectivity index (χ4v) is 1.79. The van der Waals surface area contributed by atoms with Crippen LogP contribution in [0.4, 0.5) is 14.9 Å². The maximum atomic E-state index is 13.8. The van der Waals surface area contributed by atoms with Crippen LogP contribution in [0.5, 0.6) is 0 Å². The summed E-state index contributed by atoms with van der Waals surface area (Å²) in [5, 5.41) is 11.2. The molecule has 1 saturated heterocycles. The minimum atomic E-state index is -0.697. The van der Waals surface area contributed by atoms with Crippen LogP contribution in [0, 0.1) is 5.82 Å². The Bertz CT molecular complexity index is 536. The van der Waals surface area contributed by atoms with E-state index in [4.69, 9.17) is 21.4 Å². The highest BCUT2D eigenvalue weighted by Gasteiger charge is 2.31. The molecule has 8 heteroatoms. The SMILES string of the molecule is CC.NCC1CN(c2ccc(/C(N)=N/O)c(F)c2)C(=O)O1. The molecule has 0 bridgehead atoms. The van der Waals surface area contributed by atoms with Gasteiger partial charge in [0.25, 0.3) is 0 Å². The van der Waals surface area contributed by atoms with Gasteiger partial charge in [-0.3, -0.25) is 4.90 Å². The standard InChI is InChI=1S/C11H13FN4O3.C2H6/c12-9-3-6(1-2-8(9)10(14)15-18)16-5-7(4-13)19-11(16)17;1-2/h1-3,7,18H,4-5,13H2,(H2,14,15);1-2H3. The molecule has 1 aromatic carbocycles. The molecule has 0 saturated carbocycles. The molecule has 0 radical (unpaired) electrons. The Balaban J connectivity index is 0.00000106. The highest BCUT2D eigenvalue weighted by atomic mass is 19.1. The van der Waals surface area contributed by atoms with Gasteiger partial charge in [0.05, 0.1) is 17.8 Å². The Hall–Kier alpha value is -2.35. The second kappa shape index (κ2) is 7.44. The van der Waals surface area contributed by atoms with Crippen LogP contribution in [0.2, 0.25) is 0 Å². The number of anilines is 1. The number of carbonyl (C=O) groups excluding carboxylic acids is 1. The molecule has 2 rings (SSSR count). The van der Waals surface area contributed by atoms with E-state index >= 15 is 0 Å². The van der Waals surface area contributed by atoms with E-state index < -0.39 is 18.0 Å². The van der Waals surface area contributed by atoms with Crippen LogP contribution in [0.25, 0.3) is 0 Å². The third-order valence-corrected chi connectivity index (χ3v) is 2.79. The van der Waals surface area contributed by atoms with Gasteiger partial charge in [-0.2, -0.15) is 0 Å². The first-order chi connectivity index (χ1) is 10.1. The van der Waals surface area contributed by atoms with Crippen LogP contribution in [0.1, 0.15) is 19.4 Å². The molecule has 5 N–H and O–H groups in total. The number of nitrogens with two attached hydrogens (primary N) is 2. The van der Waals surface area contributed by atoms with E-state index in [1.165, 1.54) is 17.0 Å². The number of halogens is 1. The van der Waals surface area contributed by atoms with E-state index in [2.05, 4.69) is 5.16 Å². The lowest BCUT2D eigenvalue weighted by molar-refractivity contribution is 0.145. The van der Waals surface area contributed by atoms with Gasteiger partial charge < -0.3 is 21.4 Å². The van der Waals surface area contributed by atoms with Gasteiger partial charge in [-0.1, -0.05) is 19.0 Å². The van der Waals surface area contributed by atoms with E-state index in [0.29, 0.717) is 5.69 Å². The molecule has 1 heterocycles. The lowest BCUT2D eigenvalue weighted by Gasteiger charge is -2.13. The first kappa shape index (κ1) is 16.7. The number of carbonyl (C=O) groups is 1. The van der Waals surface area contributed by atoms with Gasteiger partial charge in [-0.25, -0.2) is 9.18 Å². The van der Waals surface area contributed by atoms with Gasteiger partial charge in [0, 0.05) is 6.54 Å². The number of amidine groups is 1. The average molecular weight is 298 g/mol. The van der Waals surface area contributed by atoms with Crippen molar-refractivity contribution in [3.63, 3.8) is 0 Å². The van der Waals surface area contributed by atoms with Gasteiger partial charge >= 0.3 is 6.09 Å². The zero-order valence-electron chi connectivity index (χ0n) is 11.9. The first-order valence-electron chi connectivity index (χ1n) is 6.52. The van der Waals surface area contributed by atoms with Crippen LogP contribution in [-0.4, -0.2) is 36.3 Å².